The maximum atomic E-state index is 12.9. The van der Waals surface area contributed by atoms with Crippen LogP contribution < -0.4 is 9.47 Å². The lowest BCUT2D eigenvalue weighted by Gasteiger charge is -2.15. The second kappa shape index (κ2) is 11.0. The van der Waals surface area contributed by atoms with E-state index in [1.165, 1.54) is 0 Å². The fourth-order valence-corrected chi connectivity index (χ4v) is 2.85. The first kappa shape index (κ1) is 25.9. The number of rotatable bonds is 9. The van der Waals surface area contributed by atoms with Gasteiger partial charge in [0.2, 0.25) is 0 Å². The molecule has 0 aromatic heterocycles. The van der Waals surface area contributed by atoms with E-state index in [9.17, 15) is 31.1 Å². The number of halogens is 6. The lowest BCUT2D eigenvalue weighted by Crippen LogP contribution is -2.12. The minimum Gasteiger partial charge on any atom is -0.493 e. The van der Waals surface area contributed by atoms with Crippen LogP contribution in [0.25, 0.3) is 0 Å². The van der Waals surface area contributed by atoms with Gasteiger partial charge in [0, 0.05) is 6.42 Å². The van der Waals surface area contributed by atoms with Crippen molar-refractivity contribution in [2.45, 2.75) is 38.0 Å². The molecule has 1 N–H and O–H groups in total. The third-order valence-electron chi connectivity index (χ3n) is 4.37. The Morgan fingerprint density at radius 2 is 1.42 bits per heavy atom. The van der Waals surface area contributed by atoms with Gasteiger partial charge in [-0.1, -0.05) is 18.1 Å². The second-order valence-electron chi connectivity index (χ2n) is 6.91. The normalized spacial score (nSPS) is 12.5. The van der Waals surface area contributed by atoms with Crippen molar-refractivity contribution in [3.05, 3.63) is 59.2 Å². The predicted octanol–water partition coefficient (Wildman–Crippen LogP) is 6.15. The van der Waals surface area contributed by atoms with Crippen molar-refractivity contribution in [2.24, 2.45) is 0 Å². The van der Waals surface area contributed by atoms with Crippen LogP contribution in [0.2, 0.25) is 0 Å². The molecule has 0 radical (unpaired) electrons. The molecule has 0 spiro atoms. The fraction of sp³-hybridized carbons (Fsp3) is 0.348. The minimum absolute atomic E-state index is 0.0345. The summed E-state index contributed by atoms with van der Waals surface area (Å²) in [7, 11) is 0. The number of hydrogen-bond acceptors (Lipinski definition) is 3. The highest BCUT2D eigenvalue weighted by Crippen LogP contribution is 2.38. The Bertz CT molecular complexity index is 969. The summed E-state index contributed by atoms with van der Waals surface area (Å²) in [5.74, 6) is 3.98. The van der Waals surface area contributed by atoms with Crippen LogP contribution in [-0.4, -0.2) is 24.3 Å². The van der Waals surface area contributed by atoms with Crippen LogP contribution in [0.1, 0.15) is 42.4 Å². The Kier molecular flexibility index (Phi) is 8.63. The first-order valence-electron chi connectivity index (χ1n) is 9.69. The van der Waals surface area contributed by atoms with Gasteiger partial charge in [-0.15, -0.1) is 5.92 Å². The molecule has 1 unspecified atom stereocenters. The van der Waals surface area contributed by atoms with Gasteiger partial charge in [-0.05, 0) is 42.8 Å². The highest BCUT2D eigenvalue weighted by atomic mass is 19.4. The quantitative estimate of drug-likeness (QED) is 0.269. The number of carboxylic acids is 1. The van der Waals surface area contributed by atoms with E-state index in [2.05, 4.69) is 11.8 Å². The molecule has 0 aliphatic heterocycles. The van der Waals surface area contributed by atoms with Crippen molar-refractivity contribution in [2.75, 3.05) is 13.2 Å². The third-order valence-corrected chi connectivity index (χ3v) is 4.37. The van der Waals surface area contributed by atoms with Gasteiger partial charge in [0.25, 0.3) is 0 Å². The smallest absolute Gasteiger partial charge is 0.416 e. The van der Waals surface area contributed by atoms with Crippen LogP contribution in [0.3, 0.4) is 0 Å². The average molecular weight is 474 g/mol. The molecular weight excluding hydrogens is 454 g/mol. The maximum absolute atomic E-state index is 12.9. The SMILES string of the molecule is CC#CC(CC(=O)O)c1ccc(OCCCOc2cc(C(F)(F)F)cc(C(F)(F)F)c2)cc1. The van der Waals surface area contributed by atoms with Gasteiger partial charge in [0.15, 0.2) is 0 Å². The molecule has 4 nitrogen and oxygen atoms in total. The highest BCUT2D eigenvalue weighted by Gasteiger charge is 2.37. The van der Waals surface area contributed by atoms with Gasteiger partial charge in [0.05, 0.1) is 36.7 Å². The summed E-state index contributed by atoms with van der Waals surface area (Å²) in [6.07, 6.45) is -9.84. The number of carboxylic acid groups (broad SMARTS) is 1. The molecule has 0 aliphatic carbocycles. The van der Waals surface area contributed by atoms with Crippen LogP contribution in [-0.2, 0) is 17.1 Å². The molecule has 0 bridgehead atoms. The molecule has 2 rings (SSSR count). The van der Waals surface area contributed by atoms with Crippen molar-refractivity contribution >= 4 is 5.97 Å². The number of hydrogen-bond donors (Lipinski definition) is 1. The number of alkyl halides is 6. The molecule has 2 aromatic rings. The summed E-state index contributed by atoms with van der Waals surface area (Å²) < 4.78 is 87.8. The van der Waals surface area contributed by atoms with Crippen LogP contribution in [0.15, 0.2) is 42.5 Å². The largest absolute Gasteiger partial charge is 0.493 e. The molecule has 10 heteroatoms. The number of carbonyl (C=O) groups is 1. The zero-order valence-electron chi connectivity index (χ0n) is 17.4. The Morgan fingerprint density at radius 1 is 0.909 bits per heavy atom. The molecule has 1 atom stereocenters. The number of aliphatic carboxylic acids is 1. The van der Waals surface area contributed by atoms with Gasteiger partial charge >= 0.3 is 18.3 Å². The zero-order valence-corrected chi connectivity index (χ0v) is 17.4. The van der Waals surface area contributed by atoms with E-state index < -0.39 is 41.1 Å². The van der Waals surface area contributed by atoms with Crippen molar-refractivity contribution in [3.63, 3.8) is 0 Å². The minimum atomic E-state index is -4.94. The van der Waals surface area contributed by atoms with Gasteiger partial charge < -0.3 is 14.6 Å². The van der Waals surface area contributed by atoms with E-state index in [0.29, 0.717) is 23.4 Å². The Morgan fingerprint density at radius 3 is 1.88 bits per heavy atom. The van der Waals surface area contributed by atoms with Crippen molar-refractivity contribution in [1.82, 2.24) is 0 Å². The standard InChI is InChI=1S/C23H20F6O4/c1-2-4-16(11-21(30)31)15-5-7-19(8-6-15)32-9-3-10-33-20-13-17(22(24,25)26)12-18(14-20)23(27,28)29/h5-8,12-14,16H,3,9-11H2,1H3,(H,30,31). The first-order chi connectivity index (χ1) is 15.4. The van der Waals surface area contributed by atoms with Crippen LogP contribution in [0, 0.1) is 11.8 Å². The van der Waals surface area contributed by atoms with Crippen LogP contribution >= 0.6 is 0 Å². The van der Waals surface area contributed by atoms with E-state index in [1.807, 2.05) is 0 Å². The summed E-state index contributed by atoms with van der Waals surface area (Å²) in [5, 5.41) is 8.97. The summed E-state index contributed by atoms with van der Waals surface area (Å²) in [6, 6.07) is 7.64. The van der Waals surface area contributed by atoms with Gasteiger partial charge in [-0.3, -0.25) is 4.79 Å². The summed E-state index contributed by atoms with van der Waals surface area (Å²) >= 11 is 0. The van der Waals surface area contributed by atoms with E-state index in [0.717, 1.165) is 0 Å². The zero-order chi connectivity index (χ0) is 24.6. The molecule has 178 valence electrons. The Labute approximate surface area is 186 Å². The highest BCUT2D eigenvalue weighted by molar-refractivity contribution is 5.69. The summed E-state index contributed by atoms with van der Waals surface area (Å²) in [5.41, 5.74) is -2.19. The van der Waals surface area contributed by atoms with Crippen LogP contribution in [0.4, 0.5) is 26.3 Å². The molecule has 0 aliphatic rings. The molecule has 0 fully saturated rings. The Hall–Kier alpha value is -3.35. The molecule has 33 heavy (non-hydrogen) atoms. The van der Waals surface area contributed by atoms with E-state index in [-0.39, 0.29) is 32.1 Å². The molecule has 0 heterocycles. The first-order valence-corrected chi connectivity index (χ1v) is 9.69. The summed E-state index contributed by atoms with van der Waals surface area (Å²) in [4.78, 5) is 10.9. The van der Waals surface area contributed by atoms with Crippen molar-refractivity contribution in [3.8, 4) is 23.3 Å². The molecule has 0 saturated carbocycles. The second-order valence-corrected chi connectivity index (χ2v) is 6.91. The van der Waals surface area contributed by atoms with E-state index in [4.69, 9.17) is 14.6 Å². The number of ether oxygens (including phenoxy) is 2. The lowest BCUT2D eigenvalue weighted by atomic mass is 9.96. The van der Waals surface area contributed by atoms with Crippen molar-refractivity contribution in [1.29, 1.82) is 0 Å². The van der Waals surface area contributed by atoms with E-state index in [1.54, 1.807) is 31.2 Å². The molecular formula is C23H20F6O4. The monoisotopic (exact) mass is 474 g/mol. The molecule has 0 saturated heterocycles. The number of benzene rings is 2. The lowest BCUT2D eigenvalue weighted by molar-refractivity contribution is -0.143. The average Bonchev–Trinajstić information content (AvgIpc) is 2.72. The summed E-state index contributed by atoms with van der Waals surface area (Å²) in [6.45, 7) is 1.54. The van der Waals surface area contributed by atoms with Gasteiger partial charge in [-0.25, -0.2) is 0 Å². The third kappa shape index (κ3) is 8.25. The maximum Gasteiger partial charge on any atom is 0.416 e. The van der Waals surface area contributed by atoms with Crippen molar-refractivity contribution < 1.29 is 45.7 Å². The predicted molar refractivity (Wildman–Crippen MR) is 107 cm³/mol. The van der Waals surface area contributed by atoms with Gasteiger partial charge in [0.1, 0.15) is 11.5 Å². The van der Waals surface area contributed by atoms with E-state index >= 15 is 0 Å². The molecule has 0 amide bonds. The topological polar surface area (TPSA) is 55.8 Å². The fourth-order valence-electron chi connectivity index (χ4n) is 2.85. The molecule has 2 aromatic carbocycles. The Balaban J connectivity index is 1.91. The van der Waals surface area contributed by atoms with Gasteiger partial charge in [-0.2, -0.15) is 26.3 Å². The van der Waals surface area contributed by atoms with Crippen LogP contribution in [0.5, 0.6) is 11.5 Å².